The van der Waals surface area contributed by atoms with Crippen molar-refractivity contribution in [1.82, 2.24) is 10.3 Å². The fourth-order valence-corrected chi connectivity index (χ4v) is 1.81. The summed E-state index contributed by atoms with van der Waals surface area (Å²) in [5.41, 5.74) is 7.05. The van der Waals surface area contributed by atoms with E-state index in [0.717, 1.165) is 17.7 Å². The lowest BCUT2D eigenvalue weighted by Gasteiger charge is -2.08. The first-order chi connectivity index (χ1) is 10.2. The number of aromatic nitrogens is 1. The predicted molar refractivity (Wildman–Crippen MR) is 82.0 cm³/mol. The van der Waals surface area contributed by atoms with Crippen LogP contribution in [0.5, 0.6) is 5.75 Å². The Bertz CT molecular complexity index is 597. The highest BCUT2D eigenvalue weighted by atomic mass is 16.5. The second-order valence-corrected chi connectivity index (χ2v) is 4.61. The number of nitrogen functional groups attached to an aromatic ring is 1. The molecule has 0 aliphatic rings. The van der Waals surface area contributed by atoms with Crippen molar-refractivity contribution < 1.29 is 9.53 Å². The van der Waals surface area contributed by atoms with Gasteiger partial charge in [0.1, 0.15) is 11.6 Å². The largest absolute Gasteiger partial charge is 0.494 e. The van der Waals surface area contributed by atoms with Gasteiger partial charge >= 0.3 is 0 Å². The Morgan fingerprint density at radius 3 is 2.71 bits per heavy atom. The number of rotatable bonds is 6. The van der Waals surface area contributed by atoms with E-state index >= 15 is 0 Å². The third kappa shape index (κ3) is 4.21. The maximum absolute atomic E-state index is 12.0. The number of benzene rings is 1. The van der Waals surface area contributed by atoms with E-state index < -0.39 is 0 Å². The Labute approximate surface area is 124 Å². The van der Waals surface area contributed by atoms with Crippen LogP contribution in [0.2, 0.25) is 0 Å². The van der Waals surface area contributed by atoms with Gasteiger partial charge in [0.05, 0.1) is 12.2 Å². The molecule has 0 aliphatic heterocycles. The molecule has 110 valence electrons. The summed E-state index contributed by atoms with van der Waals surface area (Å²) in [6, 6.07) is 11.0. The van der Waals surface area contributed by atoms with Gasteiger partial charge in [0.15, 0.2) is 0 Å². The highest BCUT2D eigenvalue weighted by Gasteiger charge is 2.09. The van der Waals surface area contributed by atoms with Crippen molar-refractivity contribution in [3.05, 3.63) is 53.7 Å². The molecule has 0 saturated heterocycles. The molecule has 1 heterocycles. The Morgan fingerprint density at radius 2 is 2.05 bits per heavy atom. The first kappa shape index (κ1) is 14.8. The van der Waals surface area contributed by atoms with Gasteiger partial charge in [-0.1, -0.05) is 19.1 Å². The van der Waals surface area contributed by atoms with E-state index in [-0.39, 0.29) is 11.7 Å². The predicted octanol–water partition coefficient (Wildman–Crippen LogP) is 2.38. The molecule has 0 atom stereocenters. The molecule has 2 aromatic rings. The first-order valence-corrected chi connectivity index (χ1v) is 6.91. The average molecular weight is 285 g/mol. The number of amides is 1. The molecule has 1 aromatic carbocycles. The van der Waals surface area contributed by atoms with Crippen LogP contribution in [0.25, 0.3) is 0 Å². The zero-order valence-corrected chi connectivity index (χ0v) is 12.0. The highest BCUT2D eigenvalue weighted by Crippen LogP contribution is 2.13. The Balaban J connectivity index is 1.91. The molecule has 0 spiro atoms. The molecule has 0 aliphatic carbocycles. The molecule has 0 radical (unpaired) electrons. The maximum atomic E-state index is 12.0. The minimum atomic E-state index is -0.230. The first-order valence-electron chi connectivity index (χ1n) is 6.91. The summed E-state index contributed by atoms with van der Waals surface area (Å²) in [5, 5.41) is 2.82. The summed E-state index contributed by atoms with van der Waals surface area (Å²) in [4.78, 5) is 15.9. The summed E-state index contributed by atoms with van der Waals surface area (Å²) in [6.07, 6.45) is 2.53. The lowest BCUT2D eigenvalue weighted by atomic mass is 10.2. The molecule has 0 fully saturated rings. The molecular weight excluding hydrogens is 266 g/mol. The van der Waals surface area contributed by atoms with E-state index in [1.165, 1.54) is 0 Å². The van der Waals surface area contributed by atoms with Gasteiger partial charge in [-0.15, -0.1) is 0 Å². The van der Waals surface area contributed by atoms with Crippen LogP contribution in [0.15, 0.2) is 42.6 Å². The van der Waals surface area contributed by atoms with E-state index in [4.69, 9.17) is 10.5 Å². The van der Waals surface area contributed by atoms with Crippen molar-refractivity contribution in [3.8, 4) is 5.75 Å². The minimum Gasteiger partial charge on any atom is -0.494 e. The van der Waals surface area contributed by atoms with Crippen molar-refractivity contribution in [3.63, 3.8) is 0 Å². The van der Waals surface area contributed by atoms with Gasteiger partial charge in [0.25, 0.3) is 5.91 Å². The number of hydrogen-bond donors (Lipinski definition) is 2. The summed E-state index contributed by atoms with van der Waals surface area (Å²) >= 11 is 0. The fourth-order valence-electron chi connectivity index (χ4n) is 1.81. The molecule has 1 aromatic heterocycles. The van der Waals surface area contributed by atoms with E-state index in [2.05, 4.69) is 17.2 Å². The van der Waals surface area contributed by atoms with Crippen LogP contribution in [0.4, 0.5) is 5.82 Å². The molecule has 0 unspecified atom stereocenters. The van der Waals surface area contributed by atoms with Crippen LogP contribution >= 0.6 is 0 Å². The van der Waals surface area contributed by atoms with Crippen LogP contribution in [0, 0.1) is 0 Å². The molecule has 1 amide bonds. The normalized spacial score (nSPS) is 10.1. The van der Waals surface area contributed by atoms with Gasteiger partial charge in [0, 0.05) is 12.7 Å². The maximum Gasteiger partial charge on any atom is 0.255 e. The van der Waals surface area contributed by atoms with Crippen LogP contribution in [-0.2, 0) is 6.54 Å². The minimum absolute atomic E-state index is 0.230. The Morgan fingerprint density at radius 1 is 1.29 bits per heavy atom. The monoisotopic (exact) mass is 285 g/mol. The molecular formula is C16H19N3O2. The Hall–Kier alpha value is -2.56. The number of ether oxygens (including phenoxy) is 1. The number of anilines is 1. The van der Waals surface area contributed by atoms with E-state index in [0.29, 0.717) is 18.7 Å². The third-order valence-electron chi connectivity index (χ3n) is 2.93. The van der Waals surface area contributed by atoms with Crippen molar-refractivity contribution in [2.24, 2.45) is 0 Å². The topological polar surface area (TPSA) is 77.2 Å². The summed E-state index contributed by atoms with van der Waals surface area (Å²) in [5.74, 6) is 0.841. The van der Waals surface area contributed by atoms with Gasteiger partial charge in [-0.3, -0.25) is 4.79 Å². The molecule has 5 heteroatoms. The van der Waals surface area contributed by atoms with Crippen molar-refractivity contribution in [2.45, 2.75) is 19.9 Å². The zero-order chi connectivity index (χ0) is 15.1. The zero-order valence-electron chi connectivity index (χ0n) is 12.0. The van der Waals surface area contributed by atoms with Crippen LogP contribution < -0.4 is 15.8 Å². The molecule has 21 heavy (non-hydrogen) atoms. The summed E-state index contributed by atoms with van der Waals surface area (Å²) in [6.45, 7) is 3.20. The molecule has 5 nitrogen and oxygen atoms in total. The van der Waals surface area contributed by atoms with Gasteiger partial charge in [0.2, 0.25) is 0 Å². The van der Waals surface area contributed by atoms with E-state index in [9.17, 15) is 4.79 Å². The number of carbonyl (C=O) groups excluding carboxylic acids is 1. The number of nitrogens with two attached hydrogens (primary N) is 1. The third-order valence-corrected chi connectivity index (χ3v) is 2.93. The van der Waals surface area contributed by atoms with Crippen LogP contribution in [0.1, 0.15) is 29.3 Å². The lowest BCUT2D eigenvalue weighted by molar-refractivity contribution is 0.0951. The molecule has 2 rings (SSSR count). The van der Waals surface area contributed by atoms with Gasteiger partial charge < -0.3 is 15.8 Å². The van der Waals surface area contributed by atoms with Gasteiger partial charge in [-0.05, 0) is 36.2 Å². The fraction of sp³-hybridized carbons (Fsp3) is 0.250. The highest BCUT2D eigenvalue weighted by molar-refractivity contribution is 5.98. The second kappa shape index (κ2) is 7.28. The number of pyridine rings is 1. The van der Waals surface area contributed by atoms with Crippen molar-refractivity contribution >= 4 is 11.7 Å². The summed E-state index contributed by atoms with van der Waals surface area (Å²) in [7, 11) is 0. The molecule has 3 N–H and O–H groups in total. The lowest BCUT2D eigenvalue weighted by Crippen LogP contribution is -2.24. The summed E-state index contributed by atoms with van der Waals surface area (Å²) < 4.78 is 5.51. The number of nitrogens with one attached hydrogen (secondary N) is 1. The van der Waals surface area contributed by atoms with Crippen LogP contribution in [0.3, 0.4) is 0 Å². The van der Waals surface area contributed by atoms with E-state index in [1.807, 2.05) is 24.3 Å². The standard InChI is InChI=1S/C16H19N3O2/c1-2-10-21-13-7-5-12(6-8-13)11-19-16(20)14-4-3-9-18-15(14)17/h3-9H,2,10-11H2,1H3,(H2,17,18)(H,19,20). The van der Waals surface area contributed by atoms with E-state index in [1.54, 1.807) is 18.3 Å². The molecule has 0 bridgehead atoms. The smallest absolute Gasteiger partial charge is 0.255 e. The van der Waals surface area contributed by atoms with Gasteiger partial charge in [-0.2, -0.15) is 0 Å². The number of hydrogen-bond acceptors (Lipinski definition) is 4. The molecule has 0 saturated carbocycles. The van der Waals surface area contributed by atoms with Gasteiger partial charge in [-0.25, -0.2) is 4.98 Å². The quantitative estimate of drug-likeness (QED) is 0.854. The SMILES string of the molecule is CCCOc1ccc(CNC(=O)c2cccnc2N)cc1. The second-order valence-electron chi connectivity index (χ2n) is 4.61. The average Bonchev–Trinajstić information content (AvgIpc) is 2.52. The number of nitrogens with zero attached hydrogens (tertiary/aromatic N) is 1. The number of carbonyl (C=O) groups is 1. The van der Waals surface area contributed by atoms with Crippen molar-refractivity contribution in [2.75, 3.05) is 12.3 Å². The van der Waals surface area contributed by atoms with Crippen LogP contribution in [-0.4, -0.2) is 17.5 Å². The van der Waals surface area contributed by atoms with Crippen molar-refractivity contribution in [1.29, 1.82) is 0 Å². The Kier molecular flexibility index (Phi) is 5.15.